The second-order valence-corrected chi connectivity index (χ2v) is 6.36. The van der Waals surface area contributed by atoms with Gasteiger partial charge < -0.3 is 20.1 Å². The molecule has 0 atom stereocenters. The van der Waals surface area contributed by atoms with Crippen molar-refractivity contribution in [1.82, 2.24) is 5.32 Å². The molecule has 0 aromatic heterocycles. The van der Waals surface area contributed by atoms with Crippen LogP contribution in [-0.2, 0) is 11.2 Å². The summed E-state index contributed by atoms with van der Waals surface area (Å²) < 4.78 is 10.7. The largest absolute Gasteiger partial charge is 0.493 e. The number of anilines is 1. The lowest BCUT2D eigenvalue weighted by Crippen LogP contribution is -2.33. The molecule has 2 amide bonds. The van der Waals surface area contributed by atoms with Crippen LogP contribution in [0.2, 0.25) is 0 Å². The monoisotopic (exact) mass is 382 g/mol. The van der Waals surface area contributed by atoms with Crippen molar-refractivity contribution < 1.29 is 19.1 Å². The fourth-order valence-corrected chi connectivity index (χ4v) is 2.94. The summed E-state index contributed by atoms with van der Waals surface area (Å²) in [5.74, 6) is 0.346. The summed E-state index contributed by atoms with van der Waals surface area (Å²) in [6.07, 6.45) is 2.24. The molecule has 0 saturated carbocycles. The molecule has 0 aliphatic heterocycles. The van der Waals surface area contributed by atoms with Crippen molar-refractivity contribution in [2.24, 2.45) is 0 Å². The maximum atomic E-state index is 12.5. The zero-order valence-corrected chi connectivity index (χ0v) is 16.7. The number of benzene rings is 2. The summed E-state index contributed by atoms with van der Waals surface area (Å²) in [5, 5.41) is 5.49. The smallest absolute Gasteiger partial charge is 0.251 e. The zero-order valence-electron chi connectivity index (χ0n) is 16.7. The maximum Gasteiger partial charge on any atom is 0.251 e. The quantitative estimate of drug-likeness (QED) is 0.686. The van der Waals surface area contributed by atoms with Crippen LogP contribution in [0.15, 0.2) is 43.0 Å². The third kappa shape index (κ3) is 4.91. The molecule has 0 aliphatic rings. The van der Waals surface area contributed by atoms with Gasteiger partial charge in [-0.1, -0.05) is 24.3 Å². The molecule has 2 N–H and O–H groups in total. The minimum absolute atomic E-state index is 0.141. The van der Waals surface area contributed by atoms with Gasteiger partial charge in [0.05, 0.1) is 20.8 Å². The van der Waals surface area contributed by atoms with Crippen LogP contribution in [0.1, 0.15) is 27.0 Å². The molecule has 0 heterocycles. The Balaban J connectivity index is 2.11. The molecule has 0 bridgehead atoms. The van der Waals surface area contributed by atoms with Gasteiger partial charge in [-0.25, -0.2) is 0 Å². The average Bonchev–Trinajstić information content (AvgIpc) is 2.68. The number of aryl methyl sites for hydroxylation is 2. The number of amides is 2. The predicted molar refractivity (Wildman–Crippen MR) is 110 cm³/mol. The third-order valence-corrected chi connectivity index (χ3v) is 4.34. The second kappa shape index (κ2) is 9.60. The fourth-order valence-electron chi connectivity index (χ4n) is 2.94. The highest BCUT2D eigenvalue weighted by molar-refractivity contribution is 6.00. The lowest BCUT2D eigenvalue weighted by atomic mass is 10.0. The molecule has 2 aromatic rings. The van der Waals surface area contributed by atoms with Gasteiger partial charge in [0.1, 0.15) is 0 Å². The van der Waals surface area contributed by atoms with E-state index in [0.29, 0.717) is 23.5 Å². The van der Waals surface area contributed by atoms with E-state index in [1.807, 2.05) is 32.0 Å². The number of hydrogen-bond acceptors (Lipinski definition) is 4. The molecule has 0 spiro atoms. The number of allylic oxidation sites excluding steroid dienone is 1. The number of carbonyl (C=O) groups is 2. The highest BCUT2D eigenvalue weighted by Crippen LogP contribution is 2.33. The number of ether oxygens (including phenoxy) is 2. The number of para-hydroxylation sites is 1. The highest BCUT2D eigenvalue weighted by Gasteiger charge is 2.16. The van der Waals surface area contributed by atoms with Crippen LogP contribution >= 0.6 is 0 Å². The molecule has 0 radical (unpaired) electrons. The molecule has 6 heteroatoms. The molecule has 2 aromatic carbocycles. The molecule has 6 nitrogen and oxygen atoms in total. The summed E-state index contributed by atoms with van der Waals surface area (Å²) in [6, 6.07) is 9.07. The van der Waals surface area contributed by atoms with E-state index in [-0.39, 0.29) is 18.4 Å². The number of nitrogens with one attached hydrogen (secondary N) is 2. The van der Waals surface area contributed by atoms with Gasteiger partial charge >= 0.3 is 0 Å². The lowest BCUT2D eigenvalue weighted by Gasteiger charge is -2.15. The molecule has 0 aliphatic carbocycles. The van der Waals surface area contributed by atoms with Crippen LogP contribution in [0.3, 0.4) is 0 Å². The van der Waals surface area contributed by atoms with E-state index < -0.39 is 0 Å². The highest BCUT2D eigenvalue weighted by atomic mass is 16.5. The zero-order chi connectivity index (χ0) is 20.7. The number of hydrogen-bond donors (Lipinski definition) is 2. The van der Waals surface area contributed by atoms with Gasteiger partial charge in [0.15, 0.2) is 11.5 Å². The van der Waals surface area contributed by atoms with E-state index in [1.165, 1.54) is 7.11 Å². The molecule has 28 heavy (non-hydrogen) atoms. The molecule has 0 saturated heterocycles. The van der Waals surface area contributed by atoms with Crippen LogP contribution in [0.25, 0.3) is 0 Å². The normalized spacial score (nSPS) is 10.1. The standard InChI is InChI=1S/C22H26N2O4/c1-6-8-16-11-17(12-18(27-4)21(16)28-5)22(26)23-13-19(25)24-20-14(2)9-7-10-15(20)3/h6-7,9-12H,1,8,13H2,2-5H3,(H,23,26)(H,24,25). The van der Waals surface area contributed by atoms with Gasteiger partial charge in [0.25, 0.3) is 5.91 Å². The van der Waals surface area contributed by atoms with Crippen molar-refractivity contribution in [2.75, 3.05) is 26.1 Å². The van der Waals surface area contributed by atoms with Gasteiger partial charge in [0.2, 0.25) is 5.91 Å². The van der Waals surface area contributed by atoms with Crippen LogP contribution < -0.4 is 20.1 Å². The van der Waals surface area contributed by atoms with Crippen molar-refractivity contribution >= 4 is 17.5 Å². The van der Waals surface area contributed by atoms with E-state index in [1.54, 1.807) is 25.3 Å². The first-order valence-electron chi connectivity index (χ1n) is 8.91. The Labute approximate surface area is 165 Å². The fraction of sp³-hybridized carbons (Fsp3) is 0.273. The average molecular weight is 382 g/mol. The van der Waals surface area contributed by atoms with Crippen LogP contribution in [-0.4, -0.2) is 32.6 Å². The Morgan fingerprint density at radius 2 is 1.79 bits per heavy atom. The Morgan fingerprint density at radius 3 is 2.36 bits per heavy atom. The maximum absolute atomic E-state index is 12.5. The molecule has 148 valence electrons. The lowest BCUT2D eigenvalue weighted by molar-refractivity contribution is -0.115. The second-order valence-electron chi connectivity index (χ2n) is 6.36. The molecule has 0 unspecified atom stereocenters. The summed E-state index contributed by atoms with van der Waals surface area (Å²) >= 11 is 0. The summed E-state index contributed by atoms with van der Waals surface area (Å²) in [5.41, 5.74) is 3.86. The van der Waals surface area contributed by atoms with Crippen molar-refractivity contribution in [3.63, 3.8) is 0 Å². The number of rotatable bonds is 8. The van der Waals surface area contributed by atoms with Gasteiger partial charge in [-0.2, -0.15) is 0 Å². The first kappa shape index (κ1) is 21.0. The van der Waals surface area contributed by atoms with Crippen molar-refractivity contribution in [1.29, 1.82) is 0 Å². The minimum atomic E-state index is -0.372. The molecule has 2 rings (SSSR count). The van der Waals surface area contributed by atoms with Crippen LogP contribution in [0.5, 0.6) is 11.5 Å². The molecular formula is C22H26N2O4. The van der Waals surface area contributed by atoms with Gasteiger partial charge in [-0.05, 0) is 43.5 Å². The summed E-state index contributed by atoms with van der Waals surface area (Å²) in [4.78, 5) is 24.8. The van der Waals surface area contributed by atoms with Crippen molar-refractivity contribution in [3.05, 3.63) is 65.2 Å². The number of methoxy groups -OCH3 is 2. The van der Waals surface area contributed by atoms with E-state index in [4.69, 9.17) is 9.47 Å². The van der Waals surface area contributed by atoms with E-state index in [2.05, 4.69) is 17.2 Å². The van der Waals surface area contributed by atoms with Gasteiger partial charge in [-0.3, -0.25) is 9.59 Å². The number of carbonyl (C=O) groups excluding carboxylic acids is 2. The Kier molecular flexibility index (Phi) is 7.21. The first-order chi connectivity index (χ1) is 13.4. The minimum Gasteiger partial charge on any atom is -0.493 e. The van der Waals surface area contributed by atoms with Crippen LogP contribution in [0.4, 0.5) is 5.69 Å². The van der Waals surface area contributed by atoms with E-state index >= 15 is 0 Å². The first-order valence-corrected chi connectivity index (χ1v) is 8.91. The Hall–Kier alpha value is -3.28. The van der Waals surface area contributed by atoms with Gasteiger partial charge in [0, 0.05) is 16.8 Å². The predicted octanol–water partition coefficient (Wildman–Crippen LogP) is 3.42. The van der Waals surface area contributed by atoms with Crippen molar-refractivity contribution in [2.45, 2.75) is 20.3 Å². The van der Waals surface area contributed by atoms with E-state index in [0.717, 1.165) is 22.4 Å². The molecular weight excluding hydrogens is 356 g/mol. The summed E-state index contributed by atoms with van der Waals surface area (Å²) in [6.45, 7) is 7.43. The van der Waals surface area contributed by atoms with E-state index in [9.17, 15) is 9.59 Å². The Morgan fingerprint density at radius 1 is 1.11 bits per heavy atom. The third-order valence-electron chi connectivity index (χ3n) is 4.34. The van der Waals surface area contributed by atoms with Crippen molar-refractivity contribution in [3.8, 4) is 11.5 Å². The van der Waals surface area contributed by atoms with Gasteiger partial charge in [-0.15, -0.1) is 6.58 Å². The van der Waals surface area contributed by atoms with Crippen LogP contribution in [0, 0.1) is 13.8 Å². The topological polar surface area (TPSA) is 76.7 Å². The summed E-state index contributed by atoms with van der Waals surface area (Å²) in [7, 11) is 3.05. The SMILES string of the molecule is C=CCc1cc(C(=O)NCC(=O)Nc2c(C)cccc2C)cc(OC)c1OC. The Bertz CT molecular complexity index is 870. The molecule has 0 fully saturated rings.